The van der Waals surface area contributed by atoms with Crippen molar-refractivity contribution in [1.29, 1.82) is 0 Å². The van der Waals surface area contributed by atoms with Crippen molar-refractivity contribution in [3.05, 3.63) is 58.7 Å². The van der Waals surface area contributed by atoms with E-state index in [1.54, 1.807) is 0 Å². The van der Waals surface area contributed by atoms with Gasteiger partial charge < -0.3 is 32.8 Å². The van der Waals surface area contributed by atoms with Crippen molar-refractivity contribution in [2.24, 2.45) is 0 Å². The van der Waals surface area contributed by atoms with Crippen molar-refractivity contribution in [2.75, 3.05) is 40.6 Å². The van der Waals surface area contributed by atoms with Crippen molar-refractivity contribution in [3.63, 3.8) is 0 Å². The number of rotatable bonds is 12. The number of benzene rings is 2. The van der Waals surface area contributed by atoms with Crippen molar-refractivity contribution in [2.45, 2.75) is 9.79 Å². The van der Waals surface area contributed by atoms with E-state index in [1.165, 1.54) is 0 Å². The molecule has 0 aliphatic rings. The number of carbonyl (C=O) groups excluding carboxylic acids is 4. The van der Waals surface area contributed by atoms with Crippen LogP contribution in [0.5, 0.6) is 0 Å². The van der Waals surface area contributed by atoms with E-state index in [0.29, 0.717) is 0 Å². The molecule has 0 amide bonds. The minimum Gasteiger partial charge on any atom is -0.744 e. The van der Waals surface area contributed by atoms with Crippen LogP contribution in [-0.4, -0.2) is 90.5 Å². The van der Waals surface area contributed by atoms with E-state index in [0.717, 1.165) is 50.6 Å². The van der Waals surface area contributed by atoms with Crippen LogP contribution in [0.3, 0.4) is 0 Å². The van der Waals surface area contributed by atoms with Crippen LogP contribution < -0.4 is 0 Å². The molecule has 0 aromatic heterocycles. The molecule has 2 aromatic carbocycles. The minimum atomic E-state index is -5.00. The van der Waals surface area contributed by atoms with Gasteiger partial charge in [-0.3, -0.25) is 0 Å². The first-order chi connectivity index (χ1) is 18.2. The van der Waals surface area contributed by atoms with Gasteiger partial charge in [0.1, 0.15) is 33.5 Å². The highest BCUT2D eigenvalue weighted by Crippen LogP contribution is 2.18. The van der Waals surface area contributed by atoms with Gasteiger partial charge in [-0.25, -0.2) is 36.0 Å². The maximum Gasteiger partial charge on any atom is 0.338 e. The molecule has 0 radical (unpaired) electrons. The Morgan fingerprint density at radius 2 is 0.872 bits per heavy atom. The summed E-state index contributed by atoms with van der Waals surface area (Å²) in [6.45, 7) is -1.16. The first-order valence-electron chi connectivity index (χ1n) is 10.5. The SMILES string of the molecule is COC(=O)c1cc(C(=O)OCCOCCOC(=O)c2cc(C(=O)OC)cc(S(=O)(=O)[O-])c2)cc(S(=O)(=O)[O-])c1. The molecule has 0 saturated carbocycles. The quantitative estimate of drug-likeness (QED) is 0.138. The van der Waals surface area contributed by atoms with E-state index in [-0.39, 0.29) is 37.6 Å². The summed E-state index contributed by atoms with van der Waals surface area (Å²) in [6.07, 6.45) is 0. The highest BCUT2D eigenvalue weighted by atomic mass is 32.2. The predicted molar refractivity (Wildman–Crippen MR) is 123 cm³/mol. The molecule has 0 aliphatic carbocycles. The molecule has 39 heavy (non-hydrogen) atoms. The molecule has 0 fully saturated rings. The van der Waals surface area contributed by atoms with E-state index in [1.807, 2.05) is 0 Å². The first kappa shape index (κ1) is 31.3. The molecular weight excluding hydrogens is 568 g/mol. The number of hydrogen-bond acceptors (Lipinski definition) is 15. The average Bonchev–Trinajstić information content (AvgIpc) is 2.89. The molecule has 0 atom stereocenters. The third kappa shape index (κ3) is 9.11. The van der Waals surface area contributed by atoms with Crippen LogP contribution in [0, 0.1) is 0 Å². The second-order valence-electron chi connectivity index (χ2n) is 7.27. The van der Waals surface area contributed by atoms with Gasteiger partial charge in [-0.15, -0.1) is 0 Å². The van der Waals surface area contributed by atoms with E-state index < -0.39 is 65.0 Å². The summed E-state index contributed by atoms with van der Waals surface area (Å²) in [6, 6.07) is 4.92. The summed E-state index contributed by atoms with van der Waals surface area (Å²) in [5.74, 6) is -4.13. The Balaban J connectivity index is 1.90. The lowest BCUT2D eigenvalue weighted by atomic mass is 10.1. The Hall–Kier alpha value is -3.90. The van der Waals surface area contributed by atoms with Crippen molar-refractivity contribution >= 4 is 44.1 Å². The Bertz CT molecular complexity index is 1370. The molecule has 2 aromatic rings. The van der Waals surface area contributed by atoms with Gasteiger partial charge in [0.05, 0.1) is 59.5 Å². The standard InChI is InChI=1S/C22H22O15S2/c1-33-19(23)13-7-15(11-17(9-13)38(27,28)29)21(25)36-5-3-35-4-6-37-22(26)16-8-14(20(24)34-2)10-18(12-16)39(30,31)32/h7-12H,3-6H2,1-2H3,(H,27,28,29)(H,30,31,32)/p-2. The van der Waals surface area contributed by atoms with E-state index in [4.69, 9.17) is 14.2 Å². The highest BCUT2D eigenvalue weighted by molar-refractivity contribution is 7.86. The third-order valence-electron chi connectivity index (χ3n) is 4.63. The van der Waals surface area contributed by atoms with Crippen LogP contribution in [0.4, 0.5) is 0 Å². The Labute approximate surface area is 222 Å². The smallest absolute Gasteiger partial charge is 0.338 e. The summed E-state index contributed by atoms with van der Waals surface area (Å²) in [4.78, 5) is 46.2. The van der Waals surface area contributed by atoms with Crippen molar-refractivity contribution < 1.29 is 68.8 Å². The zero-order valence-corrected chi connectivity index (χ0v) is 21.9. The normalized spacial score (nSPS) is 11.4. The van der Waals surface area contributed by atoms with Crippen LogP contribution >= 0.6 is 0 Å². The molecule has 17 heteroatoms. The molecule has 0 N–H and O–H groups in total. The summed E-state index contributed by atoms with van der Waals surface area (Å²) >= 11 is 0. The van der Waals surface area contributed by atoms with Gasteiger partial charge in [0.15, 0.2) is 0 Å². The number of methoxy groups -OCH3 is 2. The molecule has 0 bridgehead atoms. The van der Waals surface area contributed by atoms with Crippen LogP contribution in [-0.2, 0) is 43.9 Å². The molecule has 0 unspecified atom stereocenters. The zero-order chi connectivity index (χ0) is 29.4. The fourth-order valence-corrected chi connectivity index (χ4v) is 3.93. The third-order valence-corrected chi connectivity index (χ3v) is 6.25. The second-order valence-corrected chi connectivity index (χ2v) is 10.0. The van der Waals surface area contributed by atoms with Crippen molar-refractivity contribution in [3.8, 4) is 0 Å². The van der Waals surface area contributed by atoms with Crippen LogP contribution in [0.15, 0.2) is 46.2 Å². The molecule has 212 valence electrons. The highest BCUT2D eigenvalue weighted by Gasteiger charge is 2.18. The van der Waals surface area contributed by atoms with Gasteiger partial charge in [0.2, 0.25) is 0 Å². The van der Waals surface area contributed by atoms with Gasteiger partial charge >= 0.3 is 23.9 Å². The Morgan fingerprint density at radius 3 is 1.15 bits per heavy atom. The molecular formula is C22H20O15S2-2. The molecule has 15 nitrogen and oxygen atoms in total. The van der Waals surface area contributed by atoms with Gasteiger partial charge in [-0.1, -0.05) is 0 Å². The summed E-state index contributed by atoms with van der Waals surface area (Å²) in [5.41, 5.74) is -1.54. The fraction of sp³-hybridized carbons (Fsp3) is 0.273. The number of ether oxygens (including phenoxy) is 5. The Morgan fingerprint density at radius 1 is 0.564 bits per heavy atom. The van der Waals surface area contributed by atoms with Gasteiger partial charge in [0.25, 0.3) is 0 Å². The molecule has 0 aliphatic heterocycles. The second kappa shape index (κ2) is 13.3. The monoisotopic (exact) mass is 588 g/mol. The number of hydrogen-bond donors (Lipinski definition) is 0. The van der Waals surface area contributed by atoms with Crippen molar-refractivity contribution in [1.82, 2.24) is 0 Å². The largest absolute Gasteiger partial charge is 0.744 e. The van der Waals surface area contributed by atoms with Gasteiger partial charge in [-0.05, 0) is 36.4 Å². The number of esters is 4. The van der Waals surface area contributed by atoms with Gasteiger partial charge in [-0.2, -0.15) is 0 Å². The van der Waals surface area contributed by atoms with E-state index >= 15 is 0 Å². The first-order valence-corrected chi connectivity index (χ1v) is 13.3. The zero-order valence-electron chi connectivity index (χ0n) is 20.2. The fourth-order valence-electron chi connectivity index (χ4n) is 2.85. The lowest BCUT2D eigenvalue weighted by Gasteiger charge is -2.12. The van der Waals surface area contributed by atoms with Crippen LogP contribution in [0.2, 0.25) is 0 Å². The summed E-state index contributed by atoms with van der Waals surface area (Å²) < 4.78 is 91.7. The predicted octanol–water partition coefficient (Wildman–Crippen LogP) is 0.0984. The molecule has 0 heterocycles. The summed E-state index contributed by atoms with van der Waals surface area (Å²) in [7, 11) is -7.98. The maximum absolute atomic E-state index is 12.2. The summed E-state index contributed by atoms with van der Waals surface area (Å²) in [5, 5.41) is 0. The minimum absolute atomic E-state index is 0.219. The van der Waals surface area contributed by atoms with Crippen LogP contribution in [0.25, 0.3) is 0 Å². The Kier molecular flexibility index (Phi) is 10.6. The maximum atomic E-state index is 12.2. The number of carbonyl (C=O) groups is 4. The lowest BCUT2D eigenvalue weighted by Crippen LogP contribution is -2.16. The average molecular weight is 589 g/mol. The lowest BCUT2D eigenvalue weighted by molar-refractivity contribution is 0.0151. The van der Waals surface area contributed by atoms with E-state index in [9.17, 15) is 45.1 Å². The molecule has 2 rings (SSSR count). The van der Waals surface area contributed by atoms with Crippen LogP contribution in [0.1, 0.15) is 41.4 Å². The van der Waals surface area contributed by atoms with E-state index in [2.05, 4.69) is 9.47 Å². The topological polar surface area (TPSA) is 229 Å². The molecule has 0 spiro atoms. The van der Waals surface area contributed by atoms with Gasteiger partial charge in [0, 0.05) is 0 Å². The molecule has 0 saturated heterocycles.